The second kappa shape index (κ2) is 11.7. The Bertz CT molecular complexity index is 1260. The molecule has 0 spiro atoms. The molecule has 0 saturated carbocycles. The molecule has 3 aromatic rings. The molecule has 7 nitrogen and oxygen atoms in total. The predicted molar refractivity (Wildman–Crippen MR) is 154 cm³/mol. The molecule has 7 heteroatoms. The molecule has 2 aromatic heterocycles. The lowest BCUT2D eigenvalue weighted by molar-refractivity contribution is -0.160. The van der Waals surface area contributed by atoms with Crippen molar-refractivity contribution in [2.24, 2.45) is 5.41 Å². The van der Waals surface area contributed by atoms with Gasteiger partial charge in [0.15, 0.2) is 6.10 Å². The van der Waals surface area contributed by atoms with Gasteiger partial charge in [0.05, 0.1) is 29.8 Å². The highest BCUT2D eigenvalue weighted by Crippen LogP contribution is 2.43. The zero-order valence-electron chi connectivity index (χ0n) is 24.0. The molecule has 0 bridgehead atoms. The largest absolute Gasteiger partial charge is 0.492 e. The Morgan fingerprint density at radius 3 is 2.33 bits per heavy atom. The lowest BCUT2D eigenvalue weighted by atomic mass is 9.82. The number of benzene rings is 1. The normalized spacial score (nSPS) is 16.1. The first-order valence-corrected chi connectivity index (χ1v) is 13.7. The summed E-state index contributed by atoms with van der Waals surface area (Å²) in [5.74, 6) is -0.337. The lowest BCUT2D eigenvalue weighted by Crippen LogP contribution is -2.39. The molecule has 208 valence electrons. The van der Waals surface area contributed by atoms with Crippen LogP contribution in [0.1, 0.15) is 70.4 Å². The van der Waals surface area contributed by atoms with Crippen molar-refractivity contribution in [1.82, 2.24) is 9.97 Å². The van der Waals surface area contributed by atoms with Crippen LogP contribution in [0.4, 0.5) is 5.69 Å². The van der Waals surface area contributed by atoms with Gasteiger partial charge in [0.2, 0.25) is 0 Å². The first-order valence-electron chi connectivity index (χ1n) is 13.7. The van der Waals surface area contributed by atoms with Crippen LogP contribution < -0.4 is 9.64 Å². The van der Waals surface area contributed by atoms with Crippen LogP contribution in [0.5, 0.6) is 5.75 Å². The number of carboxylic acid groups (broad SMARTS) is 1. The van der Waals surface area contributed by atoms with Crippen molar-refractivity contribution >= 4 is 11.7 Å². The molecule has 39 heavy (non-hydrogen) atoms. The number of piperidine rings is 1. The summed E-state index contributed by atoms with van der Waals surface area (Å²) >= 11 is 0. The monoisotopic (exact) mass is 531 g/mol. The highest BCUT2D eigenvalue weighted by atomic mass is 16.5. The Hall–Kier alpha value is -3.45. The summed E-state index contributed by atoms with van der Waals surface area (Å²) in [5, 5.41) is 10.3. The maximum absolute atomic E-state index is 12.6. The summed E-state index contributed by atoms with van der Waals surface area (Å²) < 4.78 is 12.1. The predicted octanol–water partition coefficient (Wildman–Crippen LogP) is 6.64. The van der Waals surface area contributed by atoms with Crippen LogP contribution >= 0.6 is 0 Å². The number of aliphatic carboxylic acids is 1. The molecular formula is C32H41N3O4. The number of aromatic nitrogens is 2. The SMILES string of the molecule is Cc1ncc(-c2ccc(OCCc3ccccc3)cn2)c(N2CCC(C)(C)CC2)c1C(OC(C)(C)C)C(=O)O. The number of pyridine rings is 2. The van der Waals surface area contributed by atoms with Gasteiger partial charge in [-0.3, -0.25) is 9.97 Å². The van der Waals surface area contributed by atoms with E-state index in [9.17, 15) is 9.90 Å². The molecule has 3 heterocycles. The molecule has 1 aliphatic rings. The van der Waals surface area contributed by atoms with E-state index >= 15 is 0 Å². The number of rotatable bonds is 9. The van der Waals surface area contributed by atoms with Crippen LogP contribution in [0.2, 0.25) is 0 Å². The number of aryl methyl sites for hydroxylation is 1. The van der Waals surface area contributed by atoms with Crippen molar-refractivity contribution in [2.75, 3.05) is 24.6 Å². The molecule has 1 N–H and O–H groups in total. The summed E-state index contributed by atoms with van der Waals surface area (Å²) in [4.78, 5) is 24.2. The topological polar surface area (TPSA) is 84.8 Å². The van der Waals surface area contributed by atoms with Gasteiger partial charge in [0.25, 0.3) is 0 Å². The first kappa shape index (κ1) is 28.6. The lowest BCUT2D eigenvalue weighted by Gasteiger charge is -2.40. The Balaban J connectivity index is 1.69. The zero-order valence-corrected chi connectivity index (χ0v) is 24.0. The van der Waals surface area contributed by atoms with E-state index in [4.69, 9.17) is 14.5 Å². The summed E-state index contributed by atoms with van der Waals surface area (Å²) in [6.45, 7) is 14.2. The molecule has 0 amide bonds. The molecule has 1 atom stereocenters. The number of nitrogens with zero attached hydrogens (tertiary/aromatic N) is 3. The molecule has 0 aliphatic carbocycles. The Labute approximate surface area is 232 Å². The maximum atomic E-state index is 12.6. The van der Waals surface area contributed by atoms with Gasteiger partial charge in [-0.1, -0.05) is 44.2 Å². The van der Waals surface area contributed by atoms with Crippen LogP contribution in [-0.2, 0) is 16.0 Å². The number of carboxylic acids is 1. The number of anilines is 1. The van der Waals surface area contributed by atoms with Crippen molar-refractivity contribution in [3.05, 3.63) is 71.7 Å². The molecule has 1 fully saturated rings. The fourth-order valence-corrected chi connectivity index (χ4v) is 4.93. The highest BCUT2D eigenvalue weighted by molar-refractivity contribution is 5.85. The van der Waals surface area contributed by atoms with Crippen LogP contribution in [0.15, 0.2) is 54.9 Å². The Kier molecular flexibility index (Phi) is 8.60. The van der Waals surface area contributed by atoms with Crippen LogP contribution in [-0.4, -0.2) is 46.3 Å². The summed E-state index contributed by atoms with van der Waals surface area (Å²) in [5.41, 5.74) is 4.43. The van der Waals surface area contributed by atoms with Gasteiger partial charge in [-0.2, -0.15) is 0 Å². The number of ether oxygens (including phenoxy) is 2. The third-order valence-corrected chi connectivity index (χ3v) is 7.19. The van der Waals surface area contributed by atoms with Crippen LogP contribution in [0.25, 0.3) is 11.3 Å². The average Bonchev–Trinajstić information content (AvgIpc) is 2.88. The number of hydrogen-bond donors (Lipinski definition) is 1. The second-order valence-corrected chi connectivity index (χ2v) is 12.1. The number of hydrogen-bond acceptors (Lipinski definition) is 6. The summed E-state index contributed by atoms with van der Waals surface area (Å²) in [7, 11) is 0. The van der Waals surface area contributed by atoms with Crippen molar-refractivity contribution in [3.63, 3.8) is 0 Å². The Morgan fingerprint density at radius 2 is 1.74 bits per heavy atom. The fourth-order valence-electron chi connectivity index (χ4n) is 4.93. The maximum Gasteiger partial charge on any atom is 0.337 e. The third-order valence-electron chi connectivity index (χ3n) is 7.19. The van der Waals surface area contributed by atoms with Gasteiger partial charge < -0.3 is 19.5 Å². The smallest absolute Gasteiger partial charge is 0.337 e. The molecule has 4 rings (SSSR count). The van der Waals surface area contributed by atoms with E-state index in [0.29, 0.717) is 23.6 Å². The summed E-state index contributed by atoms with van der Waals surface area (Å²) in [6, 6.07) is 14.1. The first-order chi connectivity index (χ1) is 18.4. The van der Waals surface area contributed by atoms with Gasteiger partial charge in [-0.05, 0) is 63.6 Å². The van der Waals surface area contributed by atoms with Gasteiger partial charge in [0, 0.05) is 42.5 Å². The molecule has 1 saturated heterocycles. The van der Waals surface area contributed by atoms with Crippen molar-refractivity contribution < 1.29 is 19.4 Å². The van der Waals surface area contributed by atoms with Gasteiger partial charge >= 0.3 is 5.97 Å². The minimum Gasteiger partial charge on any atom is -0.492 e. The van der Waals surface area contributed by atoms with E-state index in [1.54, 1.807) is 6.20 Å². The van der Waals surface area contributed by atoms with Crippen molar-refractivity contribution in [2.45, 2.75) is 72.5 Å². The van der Waals surface area contributed by atoms with Crippen LogP contribution in [0, 0.1) is 12.3 Å². The quantitative estimate of drug-likeness (QED) is 0.331. The standard InChI is InChI=1S/C32H41N3O4/c1-22-27(29(30(36)37)39-31(2,3)4)28(35-17-15-32(5,6)16-18-35)25(21-33-22)26-13-12-24(20-34-26)38-19-14-23-10-8-7-9-11-23/h7-13,20-21,29H,14-19H2,1-6H3,(H,36,37). The molecule has 1 unspecified atom stereocenters. The fraction of sp³-hybridized carbons (Fsp3) is 0.469. The minimum atomic E-state index is -1.15. The Morgan fingerprint density at radius 1 is 1.05 bits per heavy atom. The van der Waals surface area contributed by atoms with E-state index in [-0.39, 0.29) is 5.41 Å². The molecule has 0 radical (unpaired) electrons. The number of carbonyl (C=O) groups is 1. The van der Waals surface area contributed by atoms with Gasteiger partial charge in [-0.15, -0.1) is 0 Å². The van der Waals surface area contributed by atoms with E-state index < -0.39 is 17.7 Å². The summed E-state index contributed by atoms with van der Waals surface area (Å²) in [6.07, 6.45) is 5.21. The van der Waals surface area contributed by atoms with Gasteiger partial charge in [0.1, 0.15) is 5.75 Å². The minimum absolute atomic E-state index is 0.240. The van der Waals surface area contributed by atoms with Crippen molar-refractivity contribution in [1.29, 1.82) is 0 Å². The van der Waals surface area contributed by atoms with E-state index in [1.165, 1.54) is 5.56 Å². The van der Waals surface area contributed by atoms with Gasteiger partial charge in [-0.25, -0.2) is 4.79 Å². The third kappa shape index (κ3) is 7.35. The molecular weight excluding hydrogens is 490 g/mol. The molecule has 1 aliphatic heterocycles. The van der Waals surface area contributed by atoms with E-state index in [2.05, 4.69) is 35.9 Å². The van der Waals surface area contributed by atoms with Crippen LogP contribution in [0.3, 0.4) is 0 Å². The second-order valence-electron chi connectivity index (χ2n) is 12.1. The molecule has 1 aromatic carbocycles. The van der Waals surface area contributed by atoms with Crippen molar-refractivity contribution in [3.8, 4) is 17.0 Å². The van der Waals surface area contributed by atoms with E-state index in [1.807, 2.05) is 64.2 Å². The van der Waals surface area contributed by atoms with E-state index in [0.717, 1.165) is 49.3 Å². The highest BCUT2D eigenvalue weighted by Gasteiger charge is 2.36. The average molecular weight is 532 g/mol. The zero-order chi connectivity index (χ0) is 28.2.